The molecule has 0 unspecified atom stereocenters. The summed E-state index contributed by atoms with van der Waals surface area (Å²) in [6, 6.07) is 13.6. The molecule has 0 atom stereocenters. The summed E-state index contributed by atoms with van der Waals surface area (Å²) in [5.74, 6) is 2.57. The van der Waals surface area contributed by atoms with Crippen LogP contribution in [0.2, 0.25) is 0 Å². The fraction of sp³-hybridized carbons (Fsp3) is 0.381. The second-order valence-corrected chi connectivity index (χ2v) is 6.06. The van der Waals surface area contributed by atoms with Crippen molar-refractivity contribution < 1.29 is 14.2 Å². The summed E-state index contributed by atoms with van der Waals surface area (Å²) in [5.41, 5.74) is 7.96. The zero-order valence-corrected chi connectivity index (χ0v) is 19.1. The van der Waals surface area contributed by atoms with Gasteiger partial charge in [0.05, 0.1) is 20.8 Å². The Bertz CT molecular complexity index is 736. The van der Waals surface area contributed by atoms with Crippen LogP contribution in [0.25, 0.3) is 0 Å². The Morgan fingerprint density at radius 1 is 1.04 bits per heavy atom. The van der Waals surface area contributed by atoms with E-state index in [9.17, 15) is 0 Å². The molecule has 0 aromatic heterocycles. The minimum absolute atomic E-state index is 0. The predicted molar refractivity (Wildman–Crippen MR) is 126 cm³/mol. The standard InChI is InChI=1S/C21H29N3O3.HI/c1-4-5-14-27-18-9-6-16(7-10-18)12-13-23-21(22)24-17-8-11-19(25-2)20(15-17)26-3;/h6-11,15H,4-5,12-14H2,1-3H3,(H3,22,23,24);1H. The number of halogens is 1. The minimum atomic E-state index is 0. The van der Waals surface area contributed by atoms with E-state index in [1.165, 1.54) is 5.56 Å². The number of ether oxygens (including phenoxy) is 3. The average molecular weight is 499 g/mol. The van der Waals surface area contributed by atoms with Gasteiger partial charge in [-0.3, -0.25) is 4.99 Å². The molecular formula is C21H30IN3O3. The van der Waals surface area contributed by atoms with Crippen LogP contribution in [0.4, 0.5) is 5.69 Å². The lowest BCUT2D eigenvalue weighted by Crippen LogP contribution is -2.23. The highest BCUT2D eigenvalue weighted by atomic mass is 127. The zero-order chi connectivity index (χ0) is 19.5. The van der Waals surface area contributed by atoms with Gasteiger partial charge in [-0.1, -0.05) is 25.5 Å². The third-order valence-corrected chi connectivity index (χ3v) is 4.03. The Morgan fingerprint density at radius 3 is 2.39 bits per heavy atom. The lowest BCUT2D eigenvalue weighted by Gasteiger charge is -2.11. The van der Waals surface area contributed by atoms with Crippen molar-refractivity contribution in [1.29, 1.82) is 0 Å². The van der Waals surface area contributed by atoms with Crippen molar-refractivity contribution in [1.82, 2.24) is 0 Å². The van der Waals surface area contributed by atoms with Crippen LogP contribution >= 0.6 is 24.0 Å². The van der Waals surface area contributed by atoms with Crippen molar-refractivity contribution in [2.75, 3.05) is 32.7 Å². The number of guanidine groups is 1. The first-order valence-electron chi connectivity index (χ1n) is 9.17. The van der Waals surface area contributed by atoms with Gasteiger partial charge >= 0.3 is 0 Å². The maximum absolute atomic E-state index is 5.97. The van der Waals surface area contributed by atoms with E-state index >= 15 is 0 Å². The zero-order valence-electron chi connectivity index (χ0n) is 16.7. The molecule has 0 aliphatic carbocycles. The van der Waals surface area contributed by atoms with E-state index in [0.29, 0.717) is 24.0 Å². The molecule has 0 heterocycles. The molecule has 6 nitrogen and oxygen atoms in total. The molecule has 0 bridgehead atoms. The second-order valence-electron chi connectivity index (χ2n) is 6.06. The SMILES string of the molecule is CCCCOc1ccc(CCN=C(N)Nc2ccc(OC)c(OC)c2)cc1.I. The van der Waals surface area contributed by atoms with Gasteiger partial charge in [-0.2, -0.15) is 0 Å². The van der Waals surface area contributed by atoms with Crippen LogP contribution in [0.5, 0.6) is 17.2 Å². The number of nitrogens with zero attached hydrogens (tertiary/aromatic N) is 1. The van der Waals surface area contributed by atoms with Crippen molar-refractivity contribution in [3.05, 3.63) is 48.0 Å². The number of hydrogen-bond acceptors (Lipinski definition) is 4. The highest BCUT2D eigenvalue weighted by Gasteiger charge is 2.05. The number of anilines is 1. The van der Waals surface area contributed by atoms with E-state index in [1.54, 1.807) is 14.2 Å². The summed E-state index contributed by atoms with van der Waals surface area (Å²) in [4.78, 5) is 4.38. The van der Waals surface area contributed by atoms with Gasteiger partial charge < -0.3 is 25.3 Å². The minimum Gasteiger partial charge on any atom is -0.494 e. The van der Waals surface area contributed by atoms with Crippen molar-refractivity contribution >= 4 is 35.6 Å². The number of aliphatic imine (C=N–C) groups is 1. The van der Waals surface area contributed by atoms with Gasteiger partial charge in [-0.05, 0) is 42.7 Å². The molecule has 0 aliphatic heterocycles. The van der Waals surface area contributed by atoms with E-state index in [-0.39, 0.29) is 24.0 Å². The molecule has 7 heteroatoms. The predicted octanol–water partition coefficient (Wildman–Crippen LogP) is 4.47. The first-order chi connectivity index (χ1) is 13.2. The number of hydrogen-bond donors (Lipinski definition) is 2. The lowest BCUT2D eigenvalue weighted by atomic mass is 10.1. The van der Waals surface area contributed by atoms with Crippen molar-refractivity contribution in [2.24, 2.45) is 10.7 Å². The number of unbranched alkanes of at least 4 members (excludes halogenated alkanes) is 1. The van der Waals surface area contributed by atoms with Crippen LogP contribution in [0.3, 0.4) is 0 Å². The van der Waals surface area contributed by atoms with Gasteiger partial charge in [-0.25, -0.2) is 0 Å². The molecule has 28 heavy (non-hydrogen) atoms. The van der Waals surface area contributed by atoms with Crippen LogP contribution in [-0.2, 0) is 6.42 Å². The van der Waals surface area contributed by atoms with E-state index in [2.05, 4.69) is 29.4 Å². The van der Waals surface area contributed by atoms with E-state index in [1.807, 2.05) is 30.3 Å². The van der Waals surface area contributed by atoms with Gasteiger partial charge in [0, 0.05) is 18.3 Å². The Balaban J connectivity index is 0.00000392. The van der Waals surface area contributed by atoms with Crippen molar-refractivity contribution in [3.8, 4) is 17.2 Å². The number of rotatable bonds is 10. The molecule has 0 amide bonds. The molecule has 0 spiro atoms. The Labute approximate surface area is 184 Å². The molecule has 2 aromatic rings. The van der Waals surface area contributed by atoms with Gasteiger partial charge in [-0.15, -0.1) is 24.0 Å². The number of nitrogens with one attached hydrogen (secondary N) is 1. The highest BCUT2D eigenvalue weighted by molar-refractivity contribution is 14.0. The van der Waals surface area contributed by atoms with Gasteiger partial charge in [0.25, 0.3) is 0 Å². The Hall–Kier alpha value is -2.16. The van der Waals surface area contributed by atoms with Crippen molar-refractivity contribution in [2.45, 2.75) is 26.2 Å². The monoisotopic (exact) mass is 499 g/mol. The molecule has 154 valence electrons. The van der Waals surface area contributed by atoms with Crippen LogP contribution in [-0.4, -0.2) is 33.3 Å². The van der Waals surface area contributed by atoms with Gasteiger partial charge in [0.15, 0.2) is 17.5 Å². The highest BCUT2D eigenvalue weighted by Crippen LogP contribution is 2.29. The number of nitrogens with two attached hydrogens (primary N) is 1. The summed E-state index contributed by atoms with van der Waals surface area (Å²) in [5, 5.41) is 3.06. The summed E-state index contributed by atoms with van der Waals surface area (Å²) < 4.78 is 16.2. The van der Waals surface area contributed by atoms with Crippen LogP contribution in [0.1, 0.15) is 25.3 Å². The summed E-state index contributed by atoms with van der Waals surface area (Å²) in [6.07, 6.45) is 3.02. The number of benzene rings is 2. The first-order valence-corrected chi connectivity index (χ1v) is 9.17. The fourth-order valence-electron chi connectivity index (χ4n) is 2.49. The normalized spacial score (nSPS) is 10.8. The van der Waals surface area contributed by atoms with E-state index < -0.39 is 0 Å². The van der Waals surface area contributed by atoms with Crippen LogP contribution in [0.15, 0.2) is 47.5 Å². The first kappa shape index (κ1) is 23.9. The third-order valence-electron chi connectivity index (χ3n) is 4.03. The third kappa shape index (κ3) is 7.84. The molecule has 0 saturated heterocycles. The molecule has 2 rings (SSSR count). The smallest absolute Gasteiger partial charge is 0.193 e. The molecule has 0 saturated carbocycles. The lowest BCUT2D eigenvalue weighted by molar-refractivity contribution is 0.309. The Morgan fingerprint density at radius 2 is 1.75 bits per heavy atom. The van der Waals surface area contributed by atoms with Gasteiger partial charge in [0.2, 0.25) is 0 Å². The number of methoxy groups -OCH3 is 2. The van der Waals surface area contributed by atoms with Crippen LogP contribution in [0, 0.1) is 0 Å². The Kier molecular flexibility index (Phi) is 11.2. The maximum Gasteiger partial charge on any atom is 0.193 e. The quantitative estimate of drug-likeness (QED) is 0.218. The maximum atomic E-state index is 5.97. The molecule has 3 N–H and O–H groups in total. The second kappa shape index (κ2) is 13.1. The molecular weight excluding hydrogens is 469 g/mol. The topological polar surface area (TPSA) is 78.1 Å². The van der Waals surface area contributed by atoms with E-state index in [4.69, 9.17) is 19.9 Å². The molecule has 0 aliphatic rings. The fourth-order valence-corrected chi connectivity index (χ4v) is 2.49. The average Bonchev–Trinajstić information content (AvgIpc) is 2.69. The van der Waals surface area contributed by atoms with Gasteiger partial charge in [0.1, 0.15) is 5.75 Å². The van der Waals surface area contributed by atoms with Crippen LogP contribution < -0.4 is 25.3 Å². The summed E-state index contributed by atoms with van der Waals surface area (Å²) >= 11 is 0. The summed E-state index contributed by atoms with van der Waals surface area (Å²) in [7, 11) is 3.20. The summed E-state index contributed by atoms with van der Waals surface area (Å²) in [6.45, 7) is 3.51. The largest absolute Gasteiger partial charge is 0.494 e. The molecule has 2 aromatic carbocycles. The van der Waals surface area contributed by atoms with Crippen molar-refractivity contribution in [3.63, 3.8) is 0 Å². The molecule has 0 fully saturated rings. The molecule has 0 radical (unpaired) electrons. The van der Waals surface area contributed by atoms with E-state index in [0.717, 1.165) is 37.3 Å².